The summed E-state index contributed by atoms with van der Waals surface area (Å²) in [5, 5.41) is 30.4. The second-order valence-corrected chi connectivity index (χ2v) is 6.96. The number of ether oxygens (including phenoxy) is 3. The highest BCUT2D eigenvalue weighted by Gasteiger charge is 2.46. The highest BCUT2D eigenvalue weighted by atomic mass is 16.7. The van der Waals surface area contributed by atoms with E-state index < -0.39 is 43.3 Å². The Hall–Kier alpha value is -2.55. The predicted molar refractivity (Wildman–Crippen MR) is 109 cm³/mol. The minimum atomic E-state index is -1.47. The van der Waals surface area contributed by atoms with Gasteiger partial charge in [-0.25, -0.2) is 4.79 Å². The molecule has 0 bridgehead atoms. The minimum absolute atomic E-state index is 0.251. The van der Waals surface area contributed by atoms with Crippen LogP contribution in [0.15, 0.2) is 66.7 Å². The molecule has 0 spiro atoms. The smallest absolute Gasteiger partial charge is 0.331 e. The third kappa shape index (κ3) is 5.98. The number of hydrogen-bond donors (Lipinski definition) is 3. The van der Waals surface area contributed by atoms with Crippen LogP contribution in [0.4, 0.5) is 0 Å². The van der Waals surface area contributed by atoms with Crippen molar-refractivity contribution >= 4 is 12.0 Å². The molecule has 1 heterocycles. The Labute approximate surface area is 175 Å². The first kappa shape index (κ1) is 22.1. The van der Waals surface area contributed by atoms with E-state index >= 15 is 0 Å². The molecule has 30 heavy (non-hydrogen) atoms. The molecule has 0 amide bonds. The van der Waals surface area contributed by atoms with Gasteiger partial charge >= 0.3 is 5.97 Å². The SMILES string of the molecule is O=C(/C=C/c1ccccc1)O[C@H]1C(CO)O[C@@H](OCCc2ccccc2)C(O)C1O. The number of aliphatic hydroxyl groups excluding tert-OH is 3. The van der Waals surface area contributed by atoms with Gasteiger partial charge in [-0.15, -0.1) is 0 Å². The Bertz CT molecular complexity index is 807. The number of esters is 1. The molecule has 7 nitrogen and oxygen atoms in total. The van der Waals surface area contributed by atoms with Crippen molar-refractivity contribution in [2.75, 3.05) is 13.2 Å². The van der Waals surface area contributed by atoms with Gasteiger partial charge in [0.15, 0.2) is 12.4 Å². The Morgan fingerprint density at radius 3 is 2.33 bits per heavy atom. The molecule has 5 atom stereocenters. The summed E-state index contributed by atoms with van der Waals surface area (Å²) in [6.45, 7) is -0.260. The molecule has 0 saturated carbocycles. The molecule has 0 aliphatic carbocycles. The lowest BCUT2D eigenvalue weighted by Gasteiger charge is -2.41. The fourth-order valence-electron chi connectivity index (χ4n) is 3.18. The van der Waals surface area contributed by atoms with Crippen molar-refractivity contribution in [2.45, 2.75) is 37.1 Å². The molecular weight excluding hydrogens is 388 g/mol. The van der Waals surface area contributed by atoms with Crippen LogP contribution < -0.4 is 0 Å². The number of rotatable bonds is 8. The third-order valence-corrected chi connectivity index (χ3v) is 4.80. The highest BCUT2D eigenvalue weighted by Crippen LogP contribution is 2.25. The van der Waals surface area contributed by atoms with Crippen LogP contribution in [0.1, 0.15) is 11.1 Å². The first-order chi connectivity index (χ1) is 14.6. The van der Waals surface area contributed by atoms with Crippen LogP contribution in [0, 0.1) is 0 Å². The van der Waals surface area contributed by atoms with E-state index in [1.165, 1.54) is 6.08 Å². The summed E-state index contributed by atoms with van der Waals surface area (Å²) in [6.07, 6.45) is -2.92. The van der Waals surface area contributed by atoms with E-state index in [0.717, 1.165) is 11.1 Å². The molecular formula is C23H26O7. The summed E-state index contributed by atoms with van der Waals surface area (Å²) >= 11 is 0. The van der Waals surface area contributed by atoms with Crippen LogP contribution in [-0.2, 0) is 25.4 Å². The maximum Gasteiger partial charge on any atom is 0.331 e. The lowest BCUT2D eigenvalue weighted by Crippen LogP contribution is -2.60. The van der Waals surface area contributed by atoms with Crippen LogP contribution >= 0.6 is 0 Å². The Morgan fingerprint density at radius 2 is 1.67 bits per heavy atom. The molecule has 3 unspecified atom stereocenters. The molecule has 1 saturated heterocycles. The van der Waals surface area contributed by atoms with E-state index in [4.69, 9.17) is 14.2 Å². The molecule has 3 N–H and O–H groups in total. The van der Waals surface area contributed by atoms with Gasteiger partial charge in [-0.2, -0.15) is 0 Å². The summed E-state index contributed by atoms with van der Waals surface area (Å²) in [4.78, 5) is 12.1. The Kier molecular flexibility index (Phi) is 8.12. The van der Waals surface area contributed by atoms with Gasteiger partial charge < -0.3 is 29.5 Å². The van der Waals surface area contributed by atoms with Gasteiger partial charge in [0.05, 0.1) is 13.2 Å². The van der Waals surface area contributed by atoms with Crippen molar-refractivity contribution in [1.29, 1.82) is 0 Å². The lowest BCUT2D eigenvalue weighted by atomic mass is 9.99. The van der Waals surface area contributed by atoms with Crippen molar-refractivity contribution in [3.05, 3.63) is 77.9 Å². The van der Waals surface area contributed by atoms with Crippen molar-refractivity contribution in [1.82, 2.24) is 0 Å². The molecule has 1 aliphatic heterocycles. The topological polar surface area (TPSA) is 105 Å². The molecule has 1 fully saturated rings. The summed E-state index contributed by atoms with van der Waals surface area (Å²) in [5.41, 5.74) is 1.86. The Balaban J connectivity index is 1.55. The quantitative estimate of drug-likeness (QED) is 0.442. The standard InChI is InChI=1S/C23H26O7/c24-15-18-22(30-19(25)12-11-16-7-3-1-4-8-16)20(26)21(27)23(29-18)28-14-13-17-9-5-2-6-10-17/h1-12,18,20-24,26-27H,13-15H2/b12-11+/t18?,20?,21?,22-,23+/m0/s1. The average molecular weight is 414 g/mol. The van der Waals surface area contributed by atoms with E-state index in [-0.39, 0.29) is 6.61 Å². The van der Waals surface area contributed by atoms with Crippen LogP contribution in [0.2, 0.25) is 0 Å². The van der Waals surface area contributed by atoms with E-state index in [9.17, 15) is 20.1 Å². The number of carbonyl (C=O) groups excluding carboxylic acids is 1. The summed E-state index contributed by atoms with van der Waals surface area (Å²) < 4.78 is 16.4. The molecule has 160 valence electrons. The minimum Gasteiger partial charge on any atom is -0.453 e. The zero-order chi connectivity index (χ0) is 21.3. The number of benzene rings is 2. The second kappa shape index (κ2) is 11.0. The normalized spacial score (nSPS) is 26.6. The maximum atomic E-state index is 12.1. The van der Waals surface area contributed by atoms with Gasteiger partial charge in [0.25, 0.3) is 0 Å². The van der Waals surface area contributed by atoms with Crippen LogP contribution in [0.3, 0.4) is 0 Å². The fraction of sp³-hybridized carbons (Fsp3) is 0.348. The van der Waals surface area contributed by atoms with Crippen LogP contribution in [0.25, 0.3) is 6.08 Å². The largest absolute Gasteiger partial charge is 0.453 e. The van der Waals surface area contributed by atoms with Crippen LogP contribution in [-0.4, -0.2) is 65.2 Å². The summed E-state index contributed by atoms with van der Waals surface area (Å²) in [6, 6.07) is 18.8. The molecule has 1 aliphatic rings. The van der Waals surface area contributed by atoms with Crippen molar-refractivity contribution in [3.8, 4) is 0 Å². The molecule has 2 aromatic rings. The van der Waals surface area contributed by atoms with E-state index in [1.54, 1.807) is 6.08 Å². The summed E-state index contributed by atoms with van der Waals surface area (Å²) in [7, 11) is 0. The first-order valence-electron chi connectivity index (χ1n) is 9.80. The van der Waals surface area contributed by atoms with Gasteiger partial charge in [-0.05, 0) is 23.6 Å². The van der Waals surface area contributed by atoms with E-state index in [2.05, 4.69) is 0 Å². The lowest BCUT2D eigenvalue weighted by molar-refractivity contribution is -0.302. The fourth-order valence-corrected chi connectivity index (χ4v) is 3.18. The van der Waals surface area contributed by atoms with Crippen molar-refractivity contribution < 1.29 is 34.3 Å². The summed E-state index contributed by atoms with van der Waals surface area (Å²) in [5.74, 6) is -0.722. The molecule has 3 rings (SSSR count). The van der Waals surface area contributed by atoms with Gasteiger partial charge in [0.1, 0.15) is 18.3 Å². The van der Waals surface area contributed by atoms with Crippen molar-refractivity contribution in [3.63, 3.8) is 0 Å². The zero-order valence-corrected chi connectivity index (χ0v) is 16.4. The molecule has 0 radical (unpaired) electrons. The van der Waals surface area contributed by atoms with Gasteiger partial charge in [0.2, 0.25) is 0 Å². The van der Waals surface area contributed by atoms with Gasteiger partial charge in [-0.3, -0.25) is 0 Å². The average Bonchev–Trinajstić information content (AvgIpc) is 2.78. The molecule has 2 aromatic carbocycles. The van der Waals surface area contributed by atoms with E-state index in [1.807, 2.05) is 60.7 Å². The number of hydrogen-bond acceptors (Lipinski definition) is 7. The monoisotopic (exact) mass is 414 g/mol. The highest BCUT2D eigenvalue weighted by molar-refractivity contribution is 5.87. The van der Waals surface area contributed by atoms with E-state index in [0.29, 0.717) is 6.42 Å². The van der Waals surface area contributed by atoms with Gasteiger partial charge in [-0.1, -0.05) is 60.7 Å². The Morgan fingerprint density at radius 1 is 1.00 bits per heavy atom. The first-order valence-corrected chi connectivity index (χ1v) is 9.80. The predicted octanol–water partition coefficient (Wildman–Crippen LogP) is 1.31. The zero-order valence-electron chi connectivity index (χ0n) is 16.4. The number of carbonyl (C=O) groups is 1. The second-order valence-electron chi connectivity index (χ2n) is 6.96. The molecule has 0 aromatic heterocycles. The maximum absolute atomic E-state index is 12.1. The van der Waals surface area contributed by atoms with Crippen molar-refractivity contribution in [2.24, 2.45) is 0 Å². The number of aliphatic hydroxyl groups is 3. The third-order valence-electron chi connectivity index (χ3n) is 4.80. The van der Waals surface area contributed by atoms with Gasteiger partial charge in [0, 0.05) is 6.08 Å². The molecule has 7 heteroatoms. The van der Waals surface area contributed by atoms with Crippen LogP contribution in [0.5, 0.6) is 0 Å².